The van der Waals surface area contributed by atoms with Crippen LogP contribution < -0.4 is 4.74 Å². The van der Waals surface area contributed by atoms with Gasteiger partial charge < -0.3 is 14.6 Å². The van der Waals surface area contributed by atoms with Crippen LogP contribution in [0.2, 0.25) is 0 Å². The third-order valence-corrected chi connectivity index (χ3v) is 4.84. The van der Waals surface area contributed by atoms with Gasteiger partial charge in [-0.2, -0.15) is 0 Å². The summed E-state index contributed by atoms with van der Waals surface area (Å²) in [6.45, 7) is 6.69. The fourth-order valence-electron chi connectivity index (χ4n) is 3.07. The molecule has 0 heterocycles. The van der Waals surface area contributed by atoms with E-state index in [9.17, 15) is 9.90 Å². The molecular weight excluding hydrogens is 340 g/mol. The van der Waals surface area contributed by atoms with Gasteiger partial charge in [0.25, 0.3) is 0 Å². The molecule has 1 N–H and O–H groups in total. The highest BCUT2D eigenvalue weighted by molar-refractivity contribution is 5.89. The quantitative estimate of drug-likeness (QED) is 0.608. The number of hydrogen-bond donors (Lipinski definition) is 1. The van der Waals surface area contributed by atoms with Gasteiger partial charge in [-0.25, -0.2) is 4.79 Å². The zero-order valence-electron chi connectivity index (χ0n) is 16.7. The lowest BCUT2D eigenvalue weighted by Gasteiger charge is -2.31. The molecule has 0 aliphatic heterocycles. The highest BCUT2D eigenvalue weighted by Gasteiger charge is 2.28. The summed E-state index contributed by atoms with van der Waals surface area (Å²) < 4.78 is 10.6. The average Bonchev–Trinajstić information content (AvgIpc) is 2.70. The molecule has 27 heavy (non-hydrogen) atoms. The fraction of sp³-hybridized carbons (Fsp3) is 0.435. The second kappa shape index (κ2) is 9.56. The summed E-state index contributed by atoms with van der Waals surface area (Å²) in [6.07, 6.45) is 2.63. The molecule has 4 nitrogen and oxygen atoms in total. The molecule has 0 saturated carbocycles. The molecule has 0 radical (unpaired) electrons. The Balaban J connectivity index is 2.07. The van der Waals surface area contributed by atoms with E-state index < -0.39 is 6.10 Å². The molecule has 2 rings (SSSR count). The molecule has 0 spiro atoms. The largest absolute Gasteiger partial charge is 0.489 e. The smallest absolute Gasteiger partial charge is 0.337 e. The van der Waals surface area contributed by atoms with Crippen LogP contribution in [0.5, 0.6) is 5.75 Å². The highest BCUT2D eigenvalue weighted by Crippen LogP contribution is 2.38. The Morgan fingerprint density at radius 3 is 2.59 bits per heavy atom. The van der Waals surface area contributed by atoms with Crippen molar-refractivity contribution < 1.29 is 19.4 Å². The van der Waals surface area contributed by atoms with Crippen LogP contribution in [0.3, 0.4) is 0 Å². The maximum atomic E-state index is 11.6. The normalized spacial score (nSPS) is 12.5. The third-order valence-electron chi connectivity index (χ3n) is 4.84. The SMILES string of the molecule is CCCCC(C)(C)C(O)c1cccc(OCc2cccc(C(=O)OC)c2)c1. The van der Waals surface area contributed by atoms with Crippen molar-refractivity contribution >= 4 is 5.97 Å². The van der Waals surface area contributed by atoms with E-state index in [2.05, 4.69) is 20.8 Å². The van der Waals surface area contributed by atoms with Crippen molar-refractivity contribution in [2.24, 2.45) is 5.41 Å². The minimum Gasteiger partial charge on any atom is -0.489 e. The predicted molar refractivity (Wildman–Crippen MR) is 107 cm³/mol. The lowest BCUT2D eigenvalue weighted by molar-refractivity contribution is 0.0412. The fourth-order valence-corrected chi connectivity index (χ4v) is 3.07. The van der Waals surface area contributed by atoms with E-state index in [1.165, 1.54) is 7.11 Å². The van der Waals surface area contributed by atoms with Crippen LogP contribution in [0, 0.1) is 5.41 Å². The van der Waals surface area contributed by atoms with Gasteiger partial charge in [-0.05, 0) is 47.2 Å². The van der Waals surface area contributed by atoms with E-state index in [4.69, 9.17) is 9.47 Å². The number of aliphatic hydroxyl groups excluding tert-OH is 1. The lowest BCUT2D eigenvalue weighted by Crippen LogP contribution is -2.22. The first-order valence-corrected chi connectivity index (χ1v) is 9.45. The van der Waals surface area contributed by atoms with Gasteiger partial charge in [0.1, 0.15) is 12.4 Å². The number of carbonyl (C=O) groups excluding carboxylic acids is 1. The topological polar surface area (TPSA) is 55.8 Å². The number of esters is 1. The van der Waals surface area contributed by atoms with Crippen LogP contribution in [0.15, 0.2) is 48.5 Å². The van der Waals surface area contributed by atoms with Crippen LogP contribution in [0.1, 0.15) is 67.6 Å². The van der Waals surface area contributed by atoms with E-state index in [1.807, 2.05) is 30.3 Å². The van der Waals surface area contributed by atoms with Crippen LogP contribution in [-0.2, 0) is 11.3 Å². The molecule has 2 aromatic rings. The summed E-state index contributed by atoms with van der Waals surface area (Å²) >= 11 is 0. The van der Waals surface area contributed by atoms with Gasteiger partial charge >= 0.3 is 5.97 Å². The predicted octanol–water partition coefficient (Wildman–Crippen LogP) is 5.30. The number of methoxy groups -OCH3 is 1. The number of hydrogen-bond acceptors (Lipinski definition) is 4. The zero-order chi connectivity index (χ0) is 19.9. The molecule has 0 aromatic heterocycles. The first-order chi connectivity index (χ1) is 12.9. The van der Waals surface area contributed by atoms with Crippen LogP contribution in [-0.4, -0.2) is 18.2 Å². The van der Waals surface area contributed by atoms with Gasteiger partial charge in [0.2, 0.25) is 0 Å². The summed E-state index contributed by atoms with van der Waals surface area (Å²) in [6, 6.07) is 14.8. The Labute approximate surface area is 162 Å². The molecule has 0 amide bonds. The summed E-state index contributed by atoms with van der Waals surface area (Å²) in [7, 11) is 1.37. The maximum Gasteiger partial charge on any atom is 0.337 e. The Morgan fingerprint density at radius 1 is 1.15 bits per heavy atom. The number of unbranched alkanes of at least 4 members (excludes halogenated alkanes) is 1. The van der Waals surface area contributed by atoms with Crippen LogP contribution in [0.25, 0.3) is 0 Å². The summed E-state index contributed by atoms with van der Waals surface area (Å²) in [4.78, 5) is 11.6. The van der Waals surface area contributed by atoms with Crippen LogP contribution in [0.4, 0.5) is 0 Å². The zero-order valence-corrected chi connectivity index (χ0v) is 16.7. The first-order valence-electron chi connectivity index (χ1n) is 9.45. The van der Waals surface area contributed by atoms with Gasteiger partial charge in [0.05, 0.1) is 18.8 Å². The molecular formula is C23H30O4. The van der Waals surface area contributed by atoms with Gasteiger partial charge in [-0.1, -0.05) is 57.9 Å². The molecule has 1 atom stereocenters. The number of benzene rings is 2. The second-order valence-electron chi connectivity index (χ2n) is 7.55. The molecule has 0 aliphatic carbocycles. The third kappa shape index (κ3) is 5.83. The molecule has 0 saturated heterocycles. The van der Waals surface area contributed by atoms with E-state index >= 15 is 0 Å². The number of carbonyl (C=O) groups is 1. The number of rotatable bonds is 9. The van der Waals surface area contributed by atoms with Crippen molar-refractivity contribution in [3.8, 4) is 5.75 Å². The van der Waals surface area contributed by atoms with Crippen molar-refractivity contribution in [3.05, 3.63) is 65.2 Å². The second-order valence-corrected chi connectivity index (χ2v) is 7.55. The highest BCUT2D eigenvalue weighted by atomic mass is 16.5. The van der Waals surface area contributed by atoms with Gasteiger partial charge in [0.15, 0.2) is 0 Å². The van der Waals surface area contributed by atoms with Crippen molar-refractivity contribution in [1.29, 1.82) is 0 Å². The van der Waals surface area contributed by atoms with Crippen molar-refractivity contribution in [2.45, 2.75) is 52.7 Å². The molecule has 146 valence electrons. The monoisotopic (exact) mass is 370 g/mol. The number of aliphatic hydroxyl groups is 1. The molecule has 0 fully saturated rings. The van der Waals surface area contributed by atoms with Gasteiger partial charge in [0, 0.05) is 0 Å². The molecule has 1 unspecified atom stereocenters. The van der Waals surface area contributed by atoms with Gasteiger partial charge in [-0.3, -0.25) is 0 Å². The Kier molecular flexibility index (Phi) is 7.43. The average molecular weight is 370 g/mol. The van der Waals surface area contributed by atoms with Crippen LogP contribution >= 0.6 is 0 Å². The molecule has 0 aliphatic rings. The Hall–Kier alpha value is -2.33. The number of ether oxygens (including phenoxy) is 2. The summed E-state index contributed by atoms with van der Waals surface area (Å²) in [5.41, 5.74) is 2.05. The molecule has 0 bridgehead atoms. The maximum absolute atomic E-state index is 11.6. The Bertz CT molecular complexity index is 752. The van der Waals surface area contributed by atoms with Gasteiger partial charge in [-0.15, -0.1) is 0 Å². The van der Waals surface area contributed by atoms with Crippen molar-refractivity contribution in [2.75, 3.05) is 7.11 Å². The Morgan fingerprint density at radius 2 is 1.89 bits per heavy atom. The minimum absolute atomic E-state index is 0.191. The lowest BCUT2D eigenvalue weighted by atomic mass is 9.78. The van der Waals surface area contributed by atoms with E-state index in [0.717, 1.165) is 30.4 Å². The minimum atomic E-state index is -0.546. The standard InChI is InChI=1S/C23H30O4/c1-5-6-13-23(2,3)21(24)18-10-8-12-20(15-18)27-16-17-9-7-11-19(14-17)22(25)26-4/h7-12,14-15,21,24H,5-6,13,16H2,1-4H3. The molecule has 2 aromatic carbocycles. The van der Waals surface area contributed by atoms with Crippen molar-refractivity contribution in [1.82, 2.24) is 0 Å². The van der Waals surface area contributed by atoms with Crippen molar-refractivity contribution in [3.63, 3.8) is 0 Å². The first kappa shape index (κ1) is 21.0. The summed E-state index contributed by atoms with van der Waals surface area (Å²) in [5, 5.41) is 10.8. The molecule has 4 heteroatoms. The summed E-state index contributed by atoms with van der Waals surface area (Å²) in [5.74, 6) is 0.331. The van der Waals surface area contributed by atoms with E-state index in [0.29, 0.717) is 17.9 Å². The van der Waals surface area contributed by atoms with E-state index in [1.54, 1.807) is 18.2 Å². The van der Waals surface area contributed by atoms with E-state index in [-0.39, 0.29) is 11.4 Å².